The van der Waals surface area contributed by atoms with Crippen molar-refractivity contribution >= 4 is 21.5 Å². The summed E-state index contributed by atoms with van der Waals surface area (Å²) in [5.41, 5.74) is 0. The molecule has 0 saturated carbocycles. The number of aryl methyl sites for hydroxylation is 1. The number of aromatic nitrogens is 2. The number of anilines is 2. The summed E-state index contributed by atoms with van der Waals surface area (Å²) in [4.78, 5) is 8.55. The maximum Gasteiger partial charge on any atom is 0.151 e. The van der Waals surface area contributed by atoms with Crippen molar-refractivity contribution in [3.05, 3.63) is 11.9 Å². The van der Waals surface area contributed by atoms with Crippen LogP contribution in [0.4, 0.5) is 11.6 Å². The molecule has 18 heavy (non-hydrogen) atoms. The van der Waals surface area contributed by atoms with Crippen molar-refractivity contribution in [2.24, 2.45) is 0 Å². The van der Waals surface area contributed by atoms with Gasteiger partial charge in [-0.1, -0.05) is 13.8 Å². The highest BCUT2D eigenvalue weighted by atomic mass is 32.2. The molecule has 1 heterocycles. The molecule has 7 heteroatoms. The maximum absolute atomic E-state index is 11.4. The third-order valence-corrected chi connectivity index (χ3v) is 4.21. The van der Waals surface area contributed by atoms with Gasteiger partial charge in [0.25, 0.3) is 0 Å². The fraction of sp³-hybridized carbons (Fsp3) is 0.636. The van der Waals surface area contributed by atoms with E-state index in [2.05, 4.69) is 20.6 Å². The number of hydrogen-bond acceptors (Lipinski definition) is 6. The van der Waals surface area contributed by atoms with Crippen LogP contribution in [0.5, 0.6) is 0 Å². The molecule has 0 aromatic carbocycles. The Labute approximate surface area is 108 Å². The predicted octanol–water partition coefficient (Wildman–Crippen LogP) is 0.927. The molecule has 0 aliphatic carbocycles. The van der Waals surface area contributed by atoms with Gasteiger partial charge in [0.2, 0.25) is 0 Å². The van der Waals surface area contributed by atoms with E-state index in [4.69, 9.17) is 0 Å². The van der Waals surface area contributed by atoms with E-state index in [9.17, 15) is 8.42 Å². The van der Waals surface area contributed by atoms with Gasteiger partial charge in [0, 0.05) is 31.8 Å². The van der Waals surface area contributed by atoms with Gasteiger partial charge < -0.3 is 10.6 Å². The molecule has 0 aliphatic rings. The van der Waals surface area contributed by atoms with E-state index in [0.29, 0.717) is 12.4 Å². The second kappa shape index (κ2) is 6.53. The zero-order valence-corrected chi connectivity index (χ0v) is 11.8. The standard InChI is InChI=1S/C11H20N4O2S/c1-4-9-14-10(12-3)8-11(15-9)13-6-7-18(16,17)5-2/h8H,4-7H2,1-3H3,(H2,12,13,14,15). The average molecular weight is 272 g/mol. The number of sulfone groups is 1. The number of hydrogen-bond donors (Lipinski definition) is 2. The molecule has 0 saturated heterocycles. The molecule has 0 bridgehead atoms. The van der Waals surface area contributed by atoms with E-state index >= 15 is 0 Å². The lowest BCUT2D eigenvalue weighted by Crippen LogP contribution is -2.18. The highest BCUT2D eigenvalue weighted by Gasteiger charge is 2.07. The molecule has 0 radical (unpaired) electrons. The summed E-state index contributed by atoms with van der Waals surface area (Å²) in [5, 5.41) is 5.96. The van der Waals surface area contributed by atoms with Gasteiger partial charge in [0.1, 0.15) is 17.5 Å². The molecule has 102 valence electrons. The fourth-order valence-corrected chi connectivity index (χ4v) is 2.05. The molecule has 0 spiro atoms. The van der Waals surface area contributed by atoms with Gasteiger partial charge in [-0.25, -0.2) is 18.4 Å². The molecule has 2 N–H and O–H groups in total. The molecule has 0 unspecified atom stereocenters. The third-order valence-electron chi connectivity index (χ3n) is 2.50. The smallest absolute Gasteiger partial charge is 0.151 e. The van der Waals surface area contributed by atoms with Gasteiger partial charge in [0.05, 0.1) is 5.75 Å². The van der Waals surface area contributed by atoms with E-state index < -0.39 is 9.84 Å². The molecule has 1 aromatic rings. The van der Waals surface area contributed by atoms with Crippen molar-refractivity contribution in [1.29, 1.82) is 0 Å². The van der Waals surface area contributed by atoms with Gasteiger partial charge in [-0.05, 0) is 0 Å². The summed E-state index contributed by atoms with van der Waals surface area (Å²) in [6.07, 6.45) is 0.734. The van der Waals surface area contributed by atoms with Crippen LogP contribution in [0.2, 0.25) is 0 Å². The Kier molecular flexibility index (Phi) is 5.33. The fourth-order valence-electron chi connectivity index (χ4n) is 1.35. The third kappa shape index (κ3) is 4.48. The van der Waals surface area contributed by atoms with Crippen LogP contribution in [0.1, 0.15) is 19.7 Å². The van der Waals surface area contributed by atoms with E-state index in [1.165, 1.54) is 0 Å². The summed E-state index contributed by atoms with van der Waals surface area (Å²) in [6, 6.07) is 1.76. The second-order valence-electron chi connectivity index (χ2n) is 3.82. The van der Waals surface area contributed by atoms with Crippen molar-refractivity contribution in [3.8, 4) is 0 Å². The Hall–Kier alpha value is -1.37. The van der Waals surface area contributed by atoms with Crippen molar-refractivity contribution in [2.45, 2.75) is 20.3 Å². The topological polar surface area (TPSA) is 84.0 Å². The minimum atomic E-state index is -2.94. The lowest BCUT2D eigenvalue weighted by Gasteiger charge is -2.09. The Morgan fingerprint density at radius 2 is 1.89 bits per heavy atom. The monoisotopic (exact) mass is 272 g/mol. The molecule has 0 aliphatic heterocycles. The molecule has 1 rings (SSSR count). The van der Waals surface area contributed by atoms with Crippen LogP contribution in [0.3, 0.4) is 0 Å². The summed E-state index contributed by atoms with van der Waals surface area (Å²) in [5.74, 6) is 2.38. The SMILES string of the molecule is CCc1nc(NC)cc(NCCS(=O)(=O)CC)n1. The van der Waals surface area contributed by atoms with Crippen LogP contribution < -0.4 is 10.6 Å². The number of nitrogens with one attached hydrogen (secondary N) is 2. The van der Waals surface area contributed by atoms with Gasteiger partial charge in [0.15, 0.2) is 9.84 Å². The van der Waals surface area contributed by atoms with E-state index in [-0.39, 0.29) is 11.5 Å². The van der Waals surface area contributed by atoms with E-state index in [1.54, 1.807) is 20.0 Å². The maximum atomic E-state index is 11.4. The van der Waals surface area contributed by atoms with Gasteiger partial charge in [-0.3, -0.25) is 0 Å². The largest absolute Gasteiger partial charge is 0.373 e. The Bertz CT molecular complexity index is 466. The molecular weight excluding hydrogens is 252 g/mol. The Morgan fingerprint density at radius 3 is 2.44 bits per heavy atom. The second-order valence-corrected chi connectivity index (χ2v) is 6.29. The normalized spacial score (nSPS) is 11.3. The molecular formula is C11H20N4O2S. The van der Waals surface area contributed by atoms with E-state index in [1.807, 2.05) is 6.92 Å². The molecule has 0 fully saturated rings. The minimum absolute atomic E-state index is 0.115. The van der Waals surface area contributed by atoms with Crippen LogP contribution in [-0.4, -0.2) is 43.5 Å². The van der Waals surface area contributed by atoms with Gasteiger partial charge >= 0.3 is 0 Å². The highest BCUT2D eigenvalue weighted by molar-refractivity contribution is 7.91. The summed E-state index contributed by atoms with van der Waals surface area (Å²) < 4.78 is 22.7. The van der Waals surface area contributed by atoms with E-state index in [0.717, 1.165) is 18.1 Å². The van der Waals surface area contributed by atoms with Crippen molar-refractivity contribution in [2.75, 3.05) is 35.7 Å². The van der Waals surface area contributed by atoms with Crippen molar-refractivity contribution in [1.82, 2.24) is 9.97 Å². The predicted molar refractivity (Wildman–Crippen MR) is 73.8 cm³/mol. The molecule has 0 atom stereocenters. The van der Waals surface area contributed by atoms with Crippen LogP contribution >= 0.6 is 0 Å². The van der Waals surface area contributed by atoms with Crippen LogP contribution in [-0.2, 0) is 16.3 Å². The zero-order valence-electron chi connectivity index (χ0n) is 11.0. The summed E-state index contributed by atoms with van der Waals surface area (Å²) >= 11 is 0. The summed E-state index contributed by atoms with van der Waals surface area (Å²) in [6.45, 7) is 3.98. The Morgan fingerprint density at radius 1 is 1.22 bits per heavy atom. The summed E-state index contributed by atoms with van der Waals surface area (Å²) in [7, 11) is -1.16. The van der Waals surface area contributed by atoms with Crippen LogP contribution in [0.25, 0.3) is 0 Å². The lowest BCUT2D eigenvalue weighted by atomic mass is 10.4. The minimum Gasteiger partial charge on any atom is -0.373 e. The molecule has 1 aromatic heterocycles. The molecule has 0 amide bonds. The number of nitrogens with zero attached hydrogens (tertiary/aromatic N) is 2. The highest BCUT2D eigenvalue weighted by Crippen LogP contribution is 2.11. The first-order chi connectivity index (χ1) is 8.50. The first kappa shape index (κ1) is 14.7. The van der Waals surface area contributed by atoms with Crippen LogP contribution in [0, 0.1) is 0 Å². The van der Waals surface area contributed by atoms with Gasteiger partial charge in [-0.2, -0.15) is 0 Å². The van der Waals surface area contributed by atoms with Crippen molar-refractivity contribution < 1.29 is 8.42 Å². The lowest BCUT2D eigenvalue weighted by molar-refractivity contribution is 0.597. The average Bonchev–Trinajstić information content (AvgIpc) is 2.38. The Balaban J connectivity index is 2.67. The quantitative estimate of drug-likeness (QED) is 0.768. The van der Waals surface area contributed by atoms with Crippen LogP contribution in [0.15, 0.2) is 6.07 Å². The molecule has 6 nitrogen and oxygen atoms in total. The van der Waals surface area contributed by atoms with Gasteiger partial charge in [-0.15, -0.1) is 0 Å². The zero-order chi connectivity index (χ0) is 13.6. The van der Waals surface area contributed by atoms with Crippen molar-refractivity contribution in [3.63, 3.8) is 0 Å². The first-order valence-corrected chi connectivity index (χ1v) is 7.83. The number of rotatable bonds is 7. The first-order valence-electron chi connectivity index (χ1n) is 6.00.